The zero-order valence-electron chi connectivity index (χ0n) is 23.7. The first kappa shape index (κ1) is 32.2. The molecule has 1 atom stereocenters. The highest BCUT2D eigenvalue weighted by Gasteiger charge is 2.34. The van der Waals surface area contributed by atoms with Gasteiger partial charge in [0.1, 0.15) is 18.4 Å². The molecule has 0 radical (unpaired) electrons. The lowest BCUT2D eigenvalue weighted by molar-refractivity contribution is -0.140. The van der Waals surface area contributed by atoms with Gasteiger partial charge in [-0.15, -0.1) is 0 Å². The Morgan fingerprint density at radius 1 is 0.860 bits per heavy atom. The van der Waals surface area contributed by atoms with Crippen molar-refractivity contribution >= 4 is 50.1 Å². The van der Waals surface area contributed by atoms with Crippen molar-refractivity contribution in [2.45, 2.75) is 37.2 Å². The quantitative estimate of drug-likeness (QED) is 0.178. The molecule has 7 nitrogen and oxygen atoms in total. The summed E-state index contributed by atoms with van der Waals surface area (Å²) in [5, 5.41) is 2.88. The molecule has 0 aromatic heterocycles. The van der Waals surface area contributed by atoms with Crippen LogP contribution in [0.25, 0.3) is 0 Å². The fraction of sp³-hybridized carbons (Fsp3) is 0.212. The number of hydrogen-bond donors (Lipinski definition) is 1. The summed E-state index contributed by atoms with van der Waals surface area (Å²) in [6.45, 7) is 1.48. The van der Waals surface area contributed by atoms with Gasteiger partial charge in [0, 0.05) is 28.6 Å². The Hall–Kier alpha value is -3.77. The van der Waals surface area contributed by atoms with Crippen LogP contribution in [0.3, 0.4) is 0 Å². The van der Waals surface area contributed by atoms with Crippen LogP contribution in [0.15, 0.2) is 114 Å². The van der Waals surface area contributed by atoms with Crippen LogP contribution in [-0.4, -0.2) is 44.3 Å². The lowest BCUT2D eigenvalue weighted by atomic mass is 10.0. The normalized spacial score (nSPS) is 11.9. The summed E-state index contributed by atoms with van der Waals surface area (Å²) < 4.78 is 44.7. The Kier molecular flexibility index (Phi) is 11.3. The van der Waals surface area contributed by atoms with E-state index in [9.17, 15) is 22.4 Å². The molecule has 1 unspecified atom stereocenters. The maximum absolute atomic E-state index is 14.9. The summed E-state index contributed by atoms with van der Waals surface area (Å²) in [7, 11) is -4.19. The number of anilines is 1. The van der Waals surface area contributed by atoms with E-state index in [0.29, 0.717) is 18.7 Å². The van der Waals surface area contributed by atoms with Crippen molar-refractivity contribution in [3.63, 3.8) is 0 Å². The van der Waals surface area contributed by atoms with Crippen molar-refractivity contribution in [3.05, 3.63) is 130 Å². The standard InChI is InChI=1S/C33H33FIN3O4S/c1-2-21-36-33(40)31(22-25-11-5-3-6-12-25)37(23-26-13-9-10-16-30(26)34)32(39)24-38(28-19-17-27(35)18-20-28)43(41,42)29-14-7-4-8-15-29/h3-20,31H,2,21-24H2,1H3,(H,36,40). The second-order valence-electron chi connectivity index (χ2n) is 9.91. The predicted octanol–water partition coefficient (Wildman–Crippen LogP) is 5.79. The number of hydrogen-bond acceptors (Lipinski definition) is 4. The Bertz CT molecular complexity index is 1620. The van der Waals surface area contributed by atoms with Crippen molar-refractivity contribution in [2.75, 3.05) is 17.4 Å². The summed E-state index contributed by atoms with van der Waals surface area (Å²) in [4.78, 5) is 29.2. The third-order valence-corrected chi connectivity index (χ3v) is 9.35. The Balaban J connectivity index is 1.79. The second kappa shape index (κ2) is 15.1. The van der Waals surface area contributed by atoms with E-state index >= 15 is 0 Å². The van der Waals surface area contributed by atoms with Gasteiger partial charge in [0.15, 0.2) is 0 Å². The average Bonchev–Trinajstić information content (AvgIpc) is 3.02. The molecular weight excluding hydrogens is 680 g/mol. The molecule has 2 amide bonds. The number of sulfonamides is 1. The van der Waals surface area contributed by atoms with Crippen LogP contribution in [-0.2, 0) is 32.6 Å². The molecule has 0 aliphatic rings. The monoisotopic (exact) mass is 713 g/mol. The molecule has 0 fully saturated rings. The first-order chi connectivity index (χ1) is 20.7. The van der Waals surface area contributed by atoms with Gasteiger partial charge in [-0.05, 0) is 77.0 Å². The Labute approximate surface area is 265 Å². The third-order valence-electron chi connectivity index (χ3n) is 6.84. The van der Waals surface area contributed by atoms with E-state index in [4.69, 9.17) is 0 Å². The molecular formula is C33H33FIN3O4S. The van der Waals surface area contributed by atoms with Gasteiger partial charge in [-0.25, -0.2) is 12.8 Å². The zero-order valence-corrected chi connectivity index (χ0v) is 26.7. The zero-order chi connectivity index (χ0) is 30.8. The molecule has 4 rings (SSSR count). The van der Waals surface area contributed by atoms with E-state index < -0.39 is 40.2 Å². The summed E-state index contributed by atoms with van der Waals surface area (Å²) in [6.07, 6.45) is 0.840. The molecule has 0 aliphatic carbocycles. The topological polar surface area (TPSA) is 86.8 Å². The minimum atomic E-state index is -4.19. The molecule has 0 aliphatic heterocycles. The molecule has 43 heavy (non-hydrogen) atoms. The molecule has 4 aromatic carbocycles. The summed E-state index contributed by atoms with van der Waals surface area (Å²) in [5.41, 5.74) is 1.30. The lowest BCUT2D eigenvalue weighted by Crippen LogP contribution is -2.53. The van der Waals surface area contributed by atoms with Crippen LogP contribution in [0.5, 0.6) is 0 Å². The number of benzene rings is 4. The first-order valence-corrected chi connectivity index (χ1v) is 16.4. The van der Waals surface area contributed by atoms with Crippen molar-refractivity contribution in [1.82, 2.24) is 10.2 Å². The smallest absolute Gasteiger partial charge is 0.264 e. The van der Waals surface area contributed by atoms with Gasteiger partial charge in [-0.3, -0.25) is 13.9 Å². The Morgan fingerprint density at radius 2 is 1.47 bits per heavy atom. The van der Waals surface area contributed by atoms with Gasteiger partial charge in [-0.2, -0.15) is 0 Å². The van der Waals surface area contributed by atoms with Crippen LogP contribution in [0.2, 0.25) is 0 Å². The van der Waals surface area contributed by atoms with E-state index in [1.54, 1.807) is 60.7 Å². The van der Waals surface area contributed by atoms with E-state index in [2.05, 4.69) is 27.9 Å². The highest BCUT2D eigenvalue weighted by Crippen LogP contribution is 2.26. The minimum absolute atomic E-state index is 0.0172. The van der Waals surface area contributed by atoms with Gasteiger partial charge in [0.05, 0.1) is 10.6 Å². The van der Waals surface area contributed by atoms with Crippen molar-refractivity contribution < 1.29 is 22.4 Å². The molecule has 0 heterocycles. The molecule has 0 spiro atoms. The molecule has 10 heteroatoms. The average molecular weight is 714 g/mol. The van der Waals surface area contributed by atoms with Crippen molar-refractivity contribution in [3.8, 4) is 0 Å². The lowest BCUT2D eigenvalue weighted by Gasteiger charge is -2.34. The highest BCUT2D eigenvalue weighted by molar-refractivity contribution is 14.1. The number of nitrogens with zero attached hydrogens (tertiary/aromatic N) is 2. The fourth-order valence-corrected chi connectivity index (χ4v) is 6.38. The first-order valence-electron chi connectivity index (χ1n) is 13.9. The maximum atomic E-state index is 14.9. The SMILES string of the molecule is CCCNC(=O)C(Cc1ccccc1)N(Cc1ccccc1F)C(=O)CN(c1ccc(I)cc1)S(=O)(=O)c1ccccc1. The third kappa shape index (κ3) is 8.41. The number of rotatable bonds is 13. The van der Waals surface area contributed by atoms with Gasteiger partial charge in [-0.1, -0.05) is 73.7 Å². The Morgan fingerprint density at radius 3 is 2.09 bits per heavy atom. The van der Waals surface area contributed by atoms with Crippen molar-refractivity contribution in [2.24, 2.45) is 0 Å². The van der Waals surface area contributed by atoms with Gasteiger partial charge >= 0.3 is 0 Å². The van der Waals surface area contributed by atoms with Crippen molar-refractivity contribution in [1.29, 1.82) is 0 Å². The van der Waals surface area contributed by atoms with E-state index in [1.807, 2.05) is 37.3 Å². The number of halogens is 2. The van der Waals surface area contributed by atoms with Crippen LogP contribution < -0.4 is 9.62 Å². The number of amides is 2. The predicted molar refractivity (Wildman–Crippen MR) is 174 cm³/mol. The molecule has 4 aromatic rings. The largest absolute Gasteiger partial charge is 0.354 e. The van der Waals surface area contributed by atoms with Gasteiger partial charge < -0.3 is 10.2 Å². The van der Waals surface area contributed by atoms with Crippen LogP contribution >= 0.6 is 22.6 Å². The fourth-order valence-electron chi connectivity index (χ4n) is 4.59. The maximum Gasteiger partial charge on any atom is 0.264 e. The molecule has 0 bridgehead atoms. The second-order valence-corrected chi connectivity index (χ2v) is 13.0. The van der Waals surface area contributed by atoms with Crippen LogP contribution in [0.1, 0.15) is 24.5 Å². The molecule has 1 N–H and O–H groups in total. The van der Waals surface area contributed by atoms with Gasteiger partial charge in [0.25, 0.3) is 10.0 Å². The van der Waals surface area contributed by atoms with Gasteiger partial charge in [0.2, 0.25) is 11.8 Å². The van der Waals surface area contributed by atoms with E-state index in [-0.39, 0.29) is 23.4 Å². The summed E-state index contributed by atoms with van der Waals surface area (Å²) in [6, 6.07) is 28.9. The molecule has 0 saturated carbocycles. The summed E-state index contributed by atoms with van der Waals surface area (Å²) in [5.74, 6) is -1.57. The minimum Gasteiger partial charge on any atom is -0.354 e. The van der Waals surface area contributed by atoms with E-state index in [0.717, 1.165) is 13.4 Å². The number of carbonyl (C=O) groups is 2. The molecule has 224 valence electrons. The van der Waals surface area contributed by atoms with Crippen LogP contribution in [0.4, 0.5) is 10.1 Å². The van der Waals surface area contributed by atoms with E-state index in [1.165, 1.54) is 23.1 Å². The molecule has 0 saturated heterocycles. The number of nitrogens with one attached hydrogen (secondary N) is 1. The van der Waals surface area contributed by atoms with Crippen LogP contribution in [0, 0.1) is 9.39 Å². The highest BCUT2D eigenvalue weighted by atomic mass is 127. The summed E-state index contributed by atoms with van der Waals surface area (Å²) >= 11 is 2.12. The number of carbonyl (C=O) groups excluding carboxylic acids is 2.